The molecule has 0 radical (unpaired) electrons. The van der Waals surface area contributed by atoms with Gasteiger partial charge in [0.2, 0.25) is 0 Å². The zero-order valence-corrected chi connectivity index (χ0v) is 10.2. The van der Waals surface area contributed by atoms with Crippen molar-refractivity contribution >= 4 is 6.16 Å². The highest BCUT2D eigenvalue weighted by Crippen LogP contribution is 2.21. The van der Waals surface area contributed by atoms with Crippen molar-refractivity contribution in [3.8, 4) is 17.2 Å². The summed E-state index contributed by atoms with van der Waals surface area (Å²) in [4.78, 5) is 11.5. The lowest BCUT2D eigenvalue weighted by atomic mass is 10.3. The fourth-order valence-corrected chi connectivity index (χ4v) is 1.42. The van der Waals surface area contributed by atoms with Gasteiger partial charge in [0.25, 0.3) is 0 Å². The van der Waals surface area contributed by atoms with Crippen molar-refractivity contribution in [2.75, 3.05) is 0 Å². The van der Waals surface area contributed by atoms with Crippen molar-refractivity contribution in [2.24, 2.45) is 0 Å². The lowest BCUT2D eigenvalue weighted by Gasteiger charge is -2.07. The van der Waals surface area contributed by atoms with E-state index in [-0.39, 0.29) is 11.5 Å². The van der Waals surface area contributed by atoms with E-state index in [9.17, 15) is 13.6 Å². The number of ether oxygens (including phenoxy) is 3. The summed E-state index contributed by atoms with van der Waals surface area (Å²) in [6.45, 7) is -2.94. The van der Waals surface area contributed by atoms with E-state index in [0.717, 1.165) is 0 Å². The Labute approximate surface area is 113 Å². The monoisotopic (exact) mass is 280 g/mol. The normalized spacial score (nSPS) is 10.2. The second kappa shape index (κ2) is 6.51. The topological polar surface area (TPSA) is 44.8 Å². The number of alkyl halides is 2. The number of hydrogen-bond acceptors (Lipinski definition) is 4. The van der Waals surface area contributed by atoms with Crippen LogP contribution in [0.5, 0.6) is 17.2 Å². The van der Waals surface area contributed by atoms with Gasteiger partial charge in [0.15, 0.2) is 0 Å². The van der Waals surface area contributed by atoms with Gasteiger partial charge in [0, 0.05) is 6.07 Å². The molecule has 2 rings (SSSR count). The van der Waals surface area contributed by atoms with E-state index in [1.807, 2.05) is 0 Å². The SMILES string of the molecule is O=C(Oc1ccccc1)Oc1cccc(OC(F)F)c1. The molecular weight excluding hydrogens is 270 g/mol. The van der Waals surface area contributed by atoms with Crippen LogP contribution in [0, 0.1) is 0 Å². The van der Waals surface area contributed by atoms with E-state index in [0.29, 0.717) is 5.75 Å². The number of carbonyl (C=O) groups is 1. The Kier molecular flexibility index (Phi) is 4.49. The summed E-state index contributed by atoms with van der Waals surface area (Å²) in [5.74, 6) is 0.256. The maximum absolute atomic E-state index is 12.0. The van der Waals surface area contributed by atoms with E-state index in [1.54, 1.807) is 30.3 Å². The molecule has 104 valence electrons. The molecule has 0 aliphatic heterocycles. The molecule has 20 heavy (non-hydrogen) atoms. The van der Waals surface area contributed by atoms with Gasteiger partial charge < -0.3 is 14.2 Å². The molecule has 0 N–H and O–H groups in total. The first-order chi connectivity index (χ1) is 9.63. The molecular formula is C14H10F2O4. The molecule has 0 fully saturated rings. The molecule has 0 aliphatic rings. The van der Waals surface area contributed by atoms with E-state index in [1.165, 1.54) is 24.3 Å². The third-order valence-corrected chi connectivity index (χ3v) is 2.18. The van der Waals surface area contributed by atoms with E-state index in [2.05, 4.69) is 4.74 Å². The van der Waals surface area contributed by atoms with Gasteiger partial charge in [-0.25, -0.2) is 4.79 Å². The second-order valence-corrected chi connectivity index (χ2v) is 3.62. The molecule has 2 aromatic carbocycles. The third kappa shape index (κ3) is 4.24. The third-order valence-electron chi connectivity index (χ3n) is 2.18. The molecule has 0 atom stereocenters. The van der Waals surface area contributed by atoms with Crippen molar-refractivity contribution in [3.05, 3.63) is 54.6 Å². The van der Waals surface area contributed by atoms with E-state index in [4.69, 9.17) is 9.47 Å². The Bertz CT molecular complexity index is 572. The molecule has 0 aromatic heterocycles. The second-order valence-electron chi connectivity index (χ2n) is 3.62. The number of benzene rings is 2. The van der Waals surface area contributed by atoms with Crippen LogP contribution >= 0.6 is 0 Å². The number of carbonyl (C=O) groups excluding carboxylic acids is 1. The van der Waals surface area contributed by atoms with Crippen LogP contribution in [0.2, 0.25) is 0 Å². The van der Waals surface area contributed by atoms with Crippen molar-refractivity contribution in [1.29, 1.82) is 0 Å². The van der Waals surface area contributed by atoms with Crippen LogP contribution in [-0.2, 0) is 0 Å². The number of hydrogen-bond donors (Lipinski definition) is 0. The maximum Gasteiger partial charge on any atom is 0.519 e. The molecule has 0 unspecified atom stereocenters. The molecule has 0 spiro atoms. The minimum atomic E-state index is -2.94. The van der Waals surface area contributed by atoms with Gasteiger partial charge in [0.05, 0.1) is 0 Å². The van der Waals surface area contributed by atoms with Gasteiger partial charge in [-0.3, -0.25) is 0 Å². The first kappa shape index (κ1) is 13.8. The molecule has 6 heteroatoms. The van der Waals surface area contributed by atoms with Crippen LogP contribution in [0.25, 0.3) is 0 Å². The zero-order valence-electron chi connectivity index (χ0n) is 10.2. The Hall–Kier alpha value is -2.63. The lowest BCUT2D eigenvalue weighted by molar-refractivity contribution is -0.0499. The van der Waals surface area contributed by atoms with Crippen LogP contribution in [0.15, 0.2) is 54.6 Å². The standard InChI is InChI=1S/C14H10F2O4/c15-13(16)18-11-7-4-8-12(9-11)20-14(17)19-10-5-2-1-3-6-10/h1-9,13H. The van der Waals surface area contributed by atoms with Gasteiger partial charge in [0.1, 0.15) is 17.2 Å². The lowest BCUT2D eigenvalue weighted by Crippen LogP contribution is -2.13. The number of para-hydroxylation sites is 1. The fraction of sp³-hybridized carbons (Fsp3) is 0.0714. The minimum Gasteiger partial charge on any atom is -0.435 e. The summed E-state index contributed by atoms with van der Waals surface area (Å²) in [6, 6.07) is 13.6. The summed E-state index contributed by atoms with van der Waals surface area (Å²) < 4.78 is 38.0. The number of rotatable bonds is 4. The Morgan fingerprint density at radius 1 is 0.850 bits per heavy atom. The first-order valence-corrected chi connectivity index (χ1v) is 5.63. The average Bonchev–Trinajstić information content (AvgIpc) is 2.39. The smallest absolute Gasteiger partial charge is 0.435 e. The highest BCUT2D eigenvalue weighted by Gasteiger charge is 2.10. The molecule has 0 bridgehead atoms. The molecule has 0 aliphatic carbocycles. The fourth-order valence-electron chi connectivity index (χ4n) is 1.42. The van der Waals surface area contributed by atoms with Gasteiger partial charge in [-0.05, 0) is 24.3 Å². The Morgan fingerprint density at radius 2 is 1.45 bits per heavy atom. The van der Waals surface area contributed by atoms with E-state index < -0.39 is 12.8 Å². The summed E-state index contributed by atoms with van der Waals surface area (Å²) in [7, 11) is 0. The summed E-state index contributed by atoms with van der Waals surface area (Å²) in [6.07, 6.45) is -0.967. The first-order valence-electron chi connectivity index (χ1n) is 5.63. The van der Waals surface area contributed by atoms with Crippen molar-refractivity contribution < 1.29 is 27.8 Å². The van der Waals surface area contributed by atoms with Gasteiger partial charge >= 0.3 is 12.8 Å². The van der Waals surface area contributed by atoms with Gasteiger partial charge in [-0.15, -0.1) is 0 Å². The van der Waals surface area contributed by atoms with Crippen LogP contribution in [0.4, 0.5) is 13.6 Å². The van der Waals surface area contributed by atoms with Gasteiger partial charge in [-0.2, -0.15) is 8.78 Å². The van der Waals surface area contributed by atoms with Crippen LogP contribution in [0.1, 0.15) is 0 Å². The summed E-state index contributed by atoms with van der Waals surface area (Å²) >= 11 is 0. The number of halogens is 2. The van der Waals surface area contributed by atoms with E-state index >= 15 is 0 Å². The highest BCUT2D eigenvalue weighted by atomic mass is 19.3. The summed E-state index contributed by atoms with van der Waals surface area (Å²) in [5, 5.41) is 0. The van der Waals surface area contributed by atoms with Gasteiger partial charge in [-0.1, -0.05) is 24.3 Å². The molecule has 0 amide bonds. The van der Waals surface area contributed by atoms with Crippen LogP contribution in [0.3, 0.4) is 0 Å². The van der Waals surface area contributed by atoms with Crippen molar-refractivity contribution in [3.63, 3.8) is 0 Å². The van der Waals surface area contributed by atoms with Crippen molar-refractivity contribution in [2.45, 2.75) is 6.61 Å². The molecule has 0 heterocycles. The van der Waals surface area contributed by atoms with Crippen LogP contribution < -0.4 is 14.2 Å². The molecule has 0 saturated heterocycles. The predicted octanol–water partition coefficient (Wildman–Crippen LogP) is 3.87. The average molecular weight is 280 g/mol. The predicted molar refractivity (Wildman–Crippen MR) is 66.2 cm³/mol. The van der Waals surface area contributed by atoms with Crippen LogP contribution in [-0.4, -0.2) is 12.8 Å². The zero-order chi connectivity index (χ0) is 14.4. The van der Waals surface area contributed by atoms with Crippen molar-refractivity contribution in [1.82, 2.24) is 0 Å². The highest BCUT2D eigenvalue weighted by molar-refractivity contribution is 5.67. The Morgan fingerprint density at radius 3 is 2.15 bits per heavy atom. The largest absolute Gasteiger partial charge is 0.519 e. The quantitative estimate of drug-likeness (QED) is 0.630. The summed E-state index contributed by atoms with van der Waals surface area (Å²) in [5.41, 5.74) is 0. The molecule has 0 saturated carbocycles. The minimum absolute atomic E-state index is 0.0454. The molecule has 4 nitrogen and oxygen atoms in total. The Balaban J connectivity index is 1.97. The maximum atomic E-state index is 12.0. The molecule has 2 aromatic rings.